The fourth-order valence-electron chi connectivity index (χ4n) is 4.01. The normalized spacial score (nSPS) is 30.1. The zero-order chi connectivity index (χ0) is 19.5. The van der Waals surface area contributed by atoms with E-state index in [1.165, 1.54) is 23.3 Å². The lowest BCUT2D eigenvalue weighted by Crippen LogP contribution is -2.47. The van der Waals surface area contributed by atoms with Crippen LogP contribution in [0.2, 0.25) is 0 Å². The Kier molecular flexibility index (Phi) is 5.47. The van der Waals surface area contributed by atoms with Gasteiger partial charge in [0.05, 0.1) is 12.1 Å². The number of amides is 1. The second-order valence-electron chi connectivity index (χ2n) is 7.21. The van der Waals surface area contributed by atoms with Gasteiger partial charge in [0.25, 0.3) is 0 Å². The molecule has 1 aromatic carbocycles. The van der Waals surface area contributed by atoms with Crippen molar-refractivity contribution in [1.82, 2.24) is 30.8 Å². The van der Waals surface area contributed by atoms with E-state index in [4.69, 9.17) is 4.74 Å². The molecule has 8 nitrogen and oxygen atoms in total. The molecular weight excluding hydrogens is 370 g/mol. The largest absolute Gasteiger partial charge is 0.445 e. The van der Waals surface area contributed by atoms with Gasteiger partial charge in [-0.1, -0.05) is 12.1 Å². The van der Waals surface area contributed by atoms with Crippen LogP contribution in [-0.4, -0.2) is 57.7 Å². The average molecular weight is 392 g/mol. The van der Waals surface area contributed by atoms with Gasteiger partial charge in [0.2, 0.25) is 0 Å². The highest BCUT2D eigenvalue weighted by Crippen LogP contribution is 2.42. The molecule has 1 amide bonds. The lowest BCUT2D eigenvalue weighted by atomic mass is 9.96. The van der Waals surface area contributed by atoms with Crippen molar-refractivity contribution in [3.05, 3.63) is 42.0 Å². The van der Waals surface area contributed by atoms with Crippen LogP contribution in [0.25, 0.3) is 0 Å². The standard InChI is InChI=1S/C18H22F2N6O2/c19-12-5-3-11(4-6-12)14-8-15(26-23-10-22-25-26)17(16(14)20)24-18(27)28-13-2-1-7-21-9-13/h3-6,10,13-17,21H,1-2,7-9H2,(H,24,27)/t13?,14?,15?,16-,17?/m1/s1. The molecule has 150 valence electrons. The molecular formula is C18H22F2N6O2. The first-order chi connectivity index (χ1) is 13.6. The van der Waals surface area contributed by atoms with Crippen LogP contribution in [0.5, 0.6) is 0 Å². The number of carbonyl (C=O) groups is 1. The number of aromatic nitrogens is 4. The summed E-state index contributed by atoms with van der Waals surface area (Å²) in [7, 11) is 0. The Bertz CT molecular complexity index is 782. The molecule has 1 aromatic heterocycles. The minimum Gasteiger partial charge on any atom is -0.445 e. The molecule has 4 unspecified atom stereocenters. The van der Waals surface area contributed by atoms with E-state index in [0.717, 1.165) is 19.4 Å². The van der Waals surface area contributed by atoms with E-state index in [1.807, 2.05) is 0 Å². The van der Waals surface area contributed by atoms with Gasteiger partial charge in [-0.2, -0.15) is 4.80 Å². The summed E-state index contributed by atoms with van der Waals surface area (Å²) in [5.74, 6) is -0.913. The van der Waals surface area contributed by atoms with E-state index in [0.29, 0.717) is 18.5 Å². The molecule has 2 N–H and O–H groups in total. The topological polar surface area (TPSA) is 94.0 Å². The predicted molar refractivity (Wildman–Crippen MR) is 94.8 cm³/mol. The Morgan fingerprint density at radius 3 is 2.82 bits per heavy atom. The predicted octanol–water partition coefficient (Wildman–Crippen LogP) is 1.73. The van der Waals surface area contributed by atoms with E-state index in [2.05, 4.69) is 26.0 Å². The molecule has 0 bridgehead atoms. The summed E-state index contributed by atoms with van der Waals surface area (Å²) in [4.78, 5) is 13.7. The van der Waals surface area contributed by atoms with E-state index < -0.39 is 30.3 Å². The Hall–Kier alpha value is -2.62. The van der Waals surface area contributed by atoms with Crippen molar-refractivity contribution in [2.45, 2.75) is 49.5 Å². The number of alkyl halides is 1. The van der Waals surface area contributed by atoms with Gasteiger partial charge < -0.3 is 15.4 Å². The molecule has 1 aliphatic heterocycles. The van der Waals surface area contributed by atoms with Gasteiger partial charge in [0.15, 0.2) is 6.33 Å². The van der Waals surface area contributed by atoms with Gasteiger partial charge in [-0.15, -0.1) is 10.2 Å². The summed E-state index contributed by atoms with van der Waals surface area (Å²) in [5.41, 5.74) is 0.660. The maximum absolute atomic E-state index is 15.4. The zero-order valence-corrected chi connectivity index (χ0v) is 15.2. The first-order valence-electron chi connectivity index (χ1n) is 9.41. The molecule has 0 spiro atoms. The number of hydrogen-bond donors (Lipinski definition) is 2. The molecule has 28 heavy (non-hydrogen) atoms. The number of alkyl carbamates (subject to hydrolysis) is 1. The molecule has 2 aliphatic rings. The third-order valence-corrected chi connectivity index (χ3v) is 5.41. The molecule has 1 saturated carbocycles. The van der Waals surface area contributed by atoms with Crippen LogP contribution in [0.3, 0.4) is 0 Å². The van der Waals surface area contributed by atoms with Crippen LogP contribution in [0.15, 0.2) is 30.6 Å². The maximum atomic E-state index is 15.4. The number of carbonyl (C=O) groups excluding carboxylic acids is 1. The third kappa shape index (κ3) is 3.96. The maximum Gasteiger partial charge on any atom is 0.407 e. The number of benzene rings is 1. The van der Waals surface area contributed by atoms with Crippen molar-refractivity contribution in [2.75, 3.05) is 13.1 Å². The van der Waals surface area contributed by atoms with Gasteiger partial charge in [-0.05, 0) is 48.7 Å². The van der Waals surface area contributed by atoms with Crippen molar-refractivity contribution in [1.29, 1.82) is 0 Å². The van der Waals surface area contributed by atoms with Gasteiger partial charge in [0.1, 0.15) is 18.1 Å². The molecule has 2 heterocycles. The van der Waals surface area contributed by atoms with Crippen molar-refractivity contribution in [2.24, 2.45) is 0 Å². The molecule has 1 saturated heterocycles. The SMILES string of the molecule is O=C(NC1C(n2ncnn2)CC(c2ccc(F)cc2)[C@H]1F)OC1CCCNC1. The third-order valence-electron chi connectivity index (χ3n) is 5.41. The van der Waals surface area contributed by atoms with Crippen LogP contribution in [0.4, 0.5) is 13.6 Å². The van der Waals surface area contributed by atoms with Crippen LogP contribution >= 0.6 is 0 Å². The van der Waals surface area contributed by atoms with Gasteiger partial charge in [-0.25, -0.2) is 13.6 Å². The van der Waals surface area contributed by atoms with Crippen LogP contribution in [0.1, 0.15) is 36.8 Å². The smallest absolute Gasteiger partial charge is 0.407 e. The first-order valence-corrected chi connectivity index (χ1v) is 9.41. The summed E-state index contributed by atoms with van der Waals surface area (Å²) in [6.07, 6.45) is 1.01. The van der Waals surface area contributed by atoms with Crippen molar-refractivity contribution < 1.29 is 18.3 Å². The summed E-state index contributed by atoms with van der Waals surface area (Å²) < 4.78 is 34.0. The van der Waals surface area contributed by atoms with E-state index in [9.17, 15) is 9.18 Å². The van der Waals surface area contributed by atoms with Gasteiger partial charge in [-0.3, -0.25) is 0 Å². The summed E-state index contributed by atoms with van der Waals surface area (Å²) in [5, 5.41) is 17.4. The zero-order valence-electron chi connectivity index (χ0n) is 15.2. The number of halogens is 2. The number of tetrazole rings is 1. The minimum atomic E-state index is -1.40. The summed E-state index contributed by atoms with van der Waals surface area (Å²) in [6, 6.07) is 4.32. The molecule has 4 rings (SSSR count). The van der Waals surface area contributed by atoms with Crippen LogP contribution in [-0.2, 0) is 4.74 Å². The Labute approximate surface area is 160 Å². The number of hydrogen-bond acceptors (Lipinski definition) is 6. The molecule has 5 atom stereocenters. The lowest BCUT2D eigenvalue weighted by Gasteiger charge is -2.26. The van der Waals surface area contributed by atoms with E-state index in [1.54, 1.807) is 12.1 Å². The molecule has 0 radical (unpaired) electrons. The summed E-state index contributed by atoms with van der Waals surface area (Å²) in [6.45, 7) is 1.49. The van der Waals surface area contributed by atoms with Crippen LogP contribution in [0, 0.1) is 5.82 Å². The Morgan fingerprint density at radius 2 is 2.14 bits per heavy atom. The van der Waals surface area contributed by atoms with Gasteiger partial charge >= 0.3 is 6.09 Å². The average Bonchev–Trinajstić information content (AvgIpc) is 3.33. The highest BCUT2D eigenvalue weighted by molar-refractivity contribution is 5.68. The second-order valence-corrected chi connectivity index (χ2v) is 7.21. The quantitative estimate of drug-likeness (QED) is 0.823. The first kappa shape index (κ1) is 18.7. The molecule has 10 heteroatoms. The number of nitrogens with zero attached hydrogens (tertiary/aromatic N) is 4. The fraction of sp³-hybridized carbons (Fsp3) is 0.556. The van der Waals surface area contributed by atoms with Crippen molar-refractivity contribution in [3.63, 3.8) is 0 Å². The van der Waals surface area contributed by atoms with Gasteiger partial charge in [0, 0.05) is 12.5 Å². The van der Waals surface area contributed by atoms with E-state index >= 15 is 4.39 Å². The number of nitrogens with one attached hydrogen (secondary N) is 2. The minimum absolute atomic E-state index is 0.232. The highest BCUT2D eigenvalue weighted by Gasteiger charge is 2.47. The highest BCUT2D eigenvalue weighted by atomic mass is 19.1. The van der Waals surface area contributed by atoms with Crippen molar-refractivity contribution >= 4 is 6.09 Å². The summed E-state index contributed by atoms with van der Waals surface area (Å²) >= 11 is 0. The molecule has 2 aromatic rings. The van der Waals surface area contributed by atoms with E-state index in [-0.39, 0.29) is 11.9 Å². The monoisotopic (exact) mass is 392 g/mol. The number of piperidine rings is 1. The lowest BCUT2D eigenvalue weighted by molar-refractivity contribution is 0.0744. The Balaban J connectivity index is 1.50. The number of rotatable bonds is 4. The van der Waals surface area contributed by atoms with Crippen LogP contribution < -0.4 is 10.6 Å². The van der Waals surface area contributed by atoms with Crippen molar-refractivity contribution in [3.8, 4) is 0 Å². The fourth-order valence-corrected chi connectivity index (χ4v) is 4.01. The molecule has 1 aliphatic carbocycles. The Morgan fingerprint density at radius 1 is 1.32 bits per heavy atom. The number of ether oxygens (including phenoxy) is 1. The second kappa shape index (κ2) is 8.17. The molecule has 2 fully saturated rings.